The number of unbranched alkanes of at least 4 members (excludes halogenated alkanes) is 1. The van der Waals surface area contributed by atoms with E-state index in [1.54, 1.807) is 0 Å². The van der Waals surface area contributed by atoms with Gasteiger partial charge in [0.25, 0.3) is 0 Å². The maximum atomic E-state index is 11.9. The summed E-state index contributed by atoms with van der Waals surface area (Å²) in [6.45, 7) is 9.83. The Morgan fingerprint density at radius 3 is 2.28 bits per heavy atom. The van der Waals surface area contributed by atoms with Crippen LogP contribution in [0.15, 0.2) is 0 Å². The van der Waals surface area contributed by atoms with Crippen molar-refractivity contribution in [1.29, 1.82) is 0 Å². The molecule has 0 saturated carbocycles. The predicted octanol–water partition coefficient (Wildman–Crippen LogP) is 1.64. The summed E-state index contributed by atoms with van der Waals surface area (Å²) in [7, 11) is 0. The second-order valence-electron chi connectivity index (χ2n) is 5.63. The molecule has 1 unspecified atom stereocenters. The molecule has 0 spiro atoms. The van der Waals surface area contributed by atoms with Gasteiger partial charge in [-0.2, -0.15) is 0 Å². The molecule has 4 nitrogen and oxygen atoms in total. The minimum absolute atomic E-state index is 0.0821. The highest BCUT2D eigenvalue weighted by atomic mass is 16.2. The van der Waals surface area contributed by atoms with Gasteiger partial charge in [0, 0.05) is 12.6 Å². The Bertz CT molecular complexity index is 217. The minimum Gasteiger partial charge on any atom is -0.355 e. The summed E-state index contributed by atoms with van der Waals surface area (Å²) in [5.74, 6) is 0.826. The van der Waals surface area contributed by atoms with Crippen LogP contribution in [0.1, 0.15) is 53.4 Å². The zero-order chi connectivity index (χ0) is 14.0. The predicted molar refractivity (Wildman–Crippen MR) is 77.4 cm³/mol. The maximum absolute atomic E-state index is 11.9. The first-order valence-corrected chi connectivity index (χ1v) is 7.21. The highest BCUT2D eigenvalue weighted by Gasteiger charge is 2.17. The van der Waals surface area contributed by atoms with Gasteiger partial charge in [-0.3, -0.25) is 4.79 Å². The van der Waals surface area contributed by atoms with E-state index >= 15 is 0 Å². The van der Waals surface area contributed by atoms with E-state index in [2.05, 4.69) is 24.5 Å². The number of hydrogen-bond donors (Lipinski definition) is 3. The molecule has 0 aliphatic rings. The topological polar surface area (TPSA) is 67.2 Å². The summed E-state index contributed by atoms with van der Waals surface area (Å²) in [6, 6.07) is 0.147. The molecule has 0 radical (unpaired) electrons. The van der Waals surface area contributed by atoms with E-state index in [9.17, 15) is 4.79 Å². The molecule has 0 heterocycles. The Labute approximate surface area is 112 Å². The lowest BCUT2D eigenvalue weighted by molar-refractivity contribution is -0.123. The summed E-state index contributed by atoms with van der Waals surface area (Å²) in [5.41, 5.74) is 5.53. The molecular formula is C14H31N3O. The molecule has 4 N–H and O–H groups in total. The van der Waals surface area contributed by atoms with Crippen LogP contribution in [0.3, 0.4) is 0 Å². The van der Waals surface area contributed by atoms with E-state index in [0.29, 0.717) is 19.0 Å². The highest BCUT2D eigenvalue weighted by molar-refractivity contribution is 5.81. The van der Waals surface area contributed by atoms with Gasteiger partial charge in [-0.05, 0) is 25.3 Å². The van der Waals surface area contributed by atoms with Crippen LogP contribution in [-0.2, 0) is 4.79 Å². The molecular weight excluding hydrogens is 226 g/mol. The molecule has 0 aliphatic heterocycles. The van der Waals surface area contributed by atoms with E-state index in [1.165, 1.54) is 12.8 Å². The fourth-order valence-electron chi connectivity index (χ4n) is 1.87. The van der Waals surface area contributed by atoms with Crippen LogP contribution >= 0.6 is 0 Å². The maximum Gasteiger partial charge on any atom is 0.237 e. The lowest BCUT2D eigenvalue weighted by Crippen LogP contribution is -2.48. The molecule has 0 aromatic rings. The first-order chi connectivity index (χ1) is 8.47. The lowest BCUT2D eigenvalue weighted by atomic mass is 10.1. The van der Waals surface area contributed by atoms with E-state index in [1.807, 2.05) is 13.8 Å². The molecule has 18 heavy (non-hydrogen) atoms. The largest absolute Gasteiger partial charge is 0.355 e. The van der Waals surface area contributed by atoms with Crippen molar-refractivity contribution in [2.75, 3.05) is 13.1 Å². The van der Waals surface area contributed by atoms with Gasteiger partial charge in [0.05, 0.1) is 6.04 Å². The summed E-state index contributed by atoms with van der Waals surface area (Å²) >= 11 is 0. The van der Waals surface area contributed by atoms with Crippen LogP contribution in [0.4, 0.5) is 0 Å². The van der Waals surface area contributed by atoms with Crippen molar-refractivity contribution in [2.24, 2.45) is 11.7 Å². The fourth-order valence-corrected chi connectivity index (χ4v) is 1.87. The minimum atomic E-state index is -0.153. The van der Waals surface area contributed by atoms with Gasteiger partial charge in [-0.1, -0.05) is 40.5 Å². The third-order valence-corrected chi connectivity index (χ3v) is 2.81. The number of carbonyl (C=O) groups is 1. The second kappa shape index (κ2) is 10.3. The highest BCUT2D eigenvalue weighted by Crippen LogP contribution is 2.05. The molecule has 0 bridgehead atoms. The van der Waals surface area contributed by atoms with Crippen molar-refractivity contribution in [3.05, 3.63) is 0 Å². The normalized spacial score (nSPS) is 13.1. The Kier molecular flexibility index (Phi) is 9.98. The van der Waals surface area contributed by atoms with Crippen LogP contribution < -0.4 is 16.4 Å². The van der Waals surface area contributed by atoms with E-state index in [-0.39, 0.29) is 11.9 Å². The van der Waals surface area contributed by atoms with Crippen LogP contribution in [-0.4, -0.2) is 31.1 Å². The van der Waals surface area contributed by atoms with E-state index < -0.39 is 0 Å². The van der Waals surface area contributed by atoms with Crippen molar-refractivity contribution >= 4 is 5.91 Å². The Morgan fingerprint density at radius 2 is 1.78 bits per heavy atom. The number of hydrogen-bond acceptors (Lipinski definition) is 3. The molecule has 0 aromatic carbocycles. The number of amides is 1. The quantitative estimate of drug-likeness (QED) is 0.521. The van der Waals surface area contributed by atoms with Gasteiger partial charge in [-0.15, -0.1) is 0 Å². The number of carbonyl (C=O) groups excluding carboxylic acids is 1. The zero-order valence-corrected chi connectivity index (χ0v) is 12.5. The molecule has 0 saturated heterocycles. The molecule has 1 amide bonds. The number of rotatable bonds is 10. The van der Waals surface area contributed by atoms with Crippen LogP contribution in [0.25, 0.3) is 0 Å². The molecule has 0 rings (SSSR count). The Hall–Kier alpha value is -0.610. The first kappa shape index (κ1) is 17.4. The Morgan fingerprint density at radius 1 is 1.11 bits per heavy atom. The second-order valence-corrected chi connectivity index (χ2v) is 5.63. The van der Waals surface area contributed by atoms with Gasteiger partial charge < -0.3 is 16.4 Å². The molecule has 0 aliphatic carbocycles. The molecule has 1 atom stereocenters. The lowest BCUT2D eigenvalue weighted by Gasteiger charge is -2.20. The first-order valence-electron chi connectivity index (χ1n) is 7.21. The molecule has 0 aromatic heterocycles. The van der Waals surface area contributed by atoms with Crippen LogP contribution in [0, 0.1) is 5.92 Å². The van der Waals surface area contributed by atoms with Gasteiger partial charge in [0.1, 0.15) is 0 Å². The summed E-state index contributed by atoms with van der Waals surface area (Å²) in [5, 5.41) is 6.24. The number of nitrogens with two attached hydrogens (primary N) is 1. The van der Waals surface area contributed by atoms with Gasteiger partial charge in [0.15, 0.2) is 0 Å². The average Bonchev–Trinajstić information content (AvgIpc) is 2.26. The number of nitrogens with one attached hydrogen (secondary N) is 2. The van der Waals surface area contributed by atoms with Crippen molar-refractivity contribution in [1.82, 2.24) is 10.6 Å². The monoisotopic (exact) mass is 257 g/mol. The fraction of sp³-hybridized carbons (Fsp3) is 0.929. The third kappa shape index (κ3) is 9.42. The van der Waals surface area contributed by atoms with Crippen LogP contribution in [0.5, 0.6) is 0 Å². The average molecular weight is 257 g/mol. The third-order valence-electron chi connectivity index (χ3n) is 2.81. The molecule has 0 fully saturated rings. The summed E-state index contributed by atoms with van der Waals surface area (Å²) in [4.78, 5) is 11.9. The molecule has 108 valence electrons. The van der Waals surface area contributed by atoms with Crippen molar-refractivity contribution in [3.8, 4) is 0 Å². The Balaban J connectivity index is 3.81. The van der Waals surface area contributed by atoms with Crippen LogP contribution in [0.2, 0.25) is 0 Å². The van der Waals surface area contributed by atoms with Gasteiger partial charge in [-0.25, -0.2) is 0 Å². The van der Waals surface area contributed by atoms with Gasteiger partial charge in [0.2, 0.25) is 5.91 Å². The molecule has 4 heteroatoms. The van der Waals surface area contributed by atoms with E-state index in [0.717, 1.165) is 18.9 Å². The van der Waals surface area contributed by atoms with Crippen molar-refractivity contribution < 1.29 is 4.79 Å². The van der Waals surface area contributed by atoms with E-state index in [4.69, 9.17) is 5.73 Å². The van der Waals surface area contributed by atoms with Crippen molar-refractivity contribution in [2.45, 2.75) is 65.5 Å². The standard InChI is InChI=1S/C14H31N3O/c1-11(2)7-5-6-10-16-14(18)13(8-9-15)17-12(3)4/h11-13,17H,5-10,15H2,1-4H3,(H,16,18). The smallest absolute Gasteiger partial charge is 0.237 e. The summed E-state index contributed by atoms with van der Waals surface area (Å²) < 4.78 is 0. The SMILES string of the molecule is CC(C)CCCCNC(=O)C(CCN)NC(C)C. The summed E-state index contributed by atoms with van der Waals surface area (Å²) in [6.07, 6.45) is 4.15. The zero-order valence-electron chi connectivity index (χ0n) is 12.5. The van der Waals surface area contributed by atoms with Gasteiger partial charge >= 0.3 is 0 Å². The van der Waals surface area contributed by atoms with Crippen molar-refractivity contribution in [3.63, 3.8) is 0 Å².